The van der Waals surface area contributed by atoms with Gasteiger partial charge in [0.2, 0.25) is 0 Å². The molecular formula is C23H23N3O5. The summed E-state index contributed by atoms with van der Waals surface area (Å²) in [6.45, 7) is 0. The third kappa shape index (κ3) is 5.48. The third-order valence-electron chi connectivity index (χ3n) is 5.34. The monoisotopic (exact) mass is 421 g/mol. The van der Waals surface area contributed by atoms with Gasteiger partial charge in [-0.15, -0.1) is 0 Å². The van der Waals surface area contributed by atoms with Gasteiger partial charge in [0, 0.05) is 12.0 Å². The molecule has 0 radical (unpaired) electrons. The molecule has 3 aromatic rings. The van der Waals surface area contributed by atoms with Crippen LogP contribution in [0.3, 0.4) is 0 Å². The number of carbonyl (C=O) groups excluding carboxylic acids is 1. The Balaban J connectivity index is 1.29. The summed E-state index contributed by atoms with van der Waals surface area (Å²) in [6, 6.07) is 16.6. The first-order valence-electron chi connectivity index (χ1n) is 10.2. The van der Waals surface area contributed by atoms with Gasteiger partial charge >= 0.3 is 12.0 Å². The maximum absolute atomic E-state index is 12.4. The molecule has 1 aliphatic carbocycles. The number of hydrogen-bond acceptors (Lipinski definition) is 6. The van der Waals surface area contributed by atoms with Crippen LogP contribution in [-0.4, -0.2) is 33.2 Å². The number of anilines is 1. The summed E-state index contributed by atoms with van der Waals surface area (Å²) in [4.78, 5) is 27.7. The summed E-state index contributed by atoms with van der Waals surface area (Å²) in [7, 11) is 0. The lowest BCUT2D eigenvalue weighted by Gasteiger charge is -2.26. The van der Waals surface area contributed by atoms with E-state index in [1.54, 1.807) is 24.3 Å². The standard InChI is InChI=1S/C23H23N3O5/c27-21(25-23-24-20(26-31-23)14-15-4-2-1-3-5-15)16-6-10-18(11-7-16)30-19-12-8-17(9-13-19)22(28)29/h1-7,10-11,17,19H,8-9,12-14H2,(H,28,29)(H,24,25,26,27). The van der Waals surface area contributed by atoms with Crippen LogP contribution in [0.25, 0.3) is 0 Å². The van der Waals surface area contributed by atoms with Crippen molar-refractivity contribution in [3.63, 3.8) is 0 Å². The summed E-state index contributed by atoms with van der Waals surface area (Å²) in [6.07, 6.45) is 3.18. The molecule has 0 aliphatic heterocycles. The average molecular weight is 421 g/mol. The van der Waals surface area contributed by atoms with E-state index in [2.05, 4.69) is 15.5 Å². The van der Waals surface area contributed by atoms with Gasteiger partial charge in [-0.1, -0.05) is 35.5 Å². The molecule has 2 N–H and O–H groups in total. The molecule has 2 aromatic carbocycles. The first kappa shape index (κ1) is 20.6. The number of rotatable bonds is 7. The van der Waals surface area contributed by atoms with E-state index in [9.17, 15) is 9.59 Å². The minimum atomic E-state index is -0.734. The molecular weight excluding hydrogens is 398 g/mol. The Kier molecular flexibility index (Phi) is 6.26. The fourth-order valence-electron chi connectivity index (χ4n) is 3.63. The third-order valence-corrected chi connectivity index (χ3v) is 5.34. The molecule has 1 fully saturated rings. The minimum absolute atomic E-state index is 0.00305. The van der Waals surface area contributed by atoms with E-state index in [-0.39, 0.29) is 23.9 Å². The smallest absolute Gasteiger partial charge is 0.328 e. The van der Waals surface area contributed by atoms with E-state index in [1.807, 2.05) is 30.3 Å². The highest BCUT2D eigenvalue weighted by atomic mass is 16.5. The van der Waals surface area contributed by atoms with E-state index < -0.39 is 5.97 Å². The van der Waals surface area contributed by atoms with Gasteiger partial charge < -0.3 is 14.4 Å². The topological polar surface area (TPSA) is 115 Å². The van der Waals surface area contributed by atoms with Crippen molar-refractivity contribution >= 4 is 17.9 Å². The molecule has 1 saturated carbocycles. The molecule has 1 amide bonds. The van der Waals surface area contributed by atoms with Crippen molar-refractivity contribution in [1.82, 2.24) is 10.1 Å². The molecule has 8 nitrogen and oxygen atoms in total. The first-order valence-corrected chi connectivity index (χ1v) is 10.2. The Hall–Kier alpha value is -3.68. The predicted octanol–water partition coefficient (Wildman–Crippen LogP) is 3.93. The number of carboxylic acids is 1. The zero-order valence-electron chi connectivity index (χ0n) is 16.9. The number of ether oxygens (including phenoxy) is 1. The molecule has 4 rings (SSSR count). The molecule has 0 unspecified atom stereocenters. The maximum atomic E-state index is 12.4. The second-order valence-corrected chi connectivity index (χ2v) is 7.59. The largest absolute Gasteiger partial charge is 0.490 e. The summed E-state index contributed by atoms with van der Waals surface area (Å²) >= 11 is 0. The lowest BCUT2D eigenvalue weighted by atomic mass is 9.87. The molecule has 1 heterocycles. The van der Waals surface area contributed by atoms with E-state index in [4.69, 9.17) is 14.4 Å². The Bertz CT molecular complexity index is 1020. The van der Waals surface area contributed by atoms with Gasteiger partial charge in [-0.3, -0.25) is 14.9 Å². The number of nitrogens with zero attached hydrogens (tertiary/aromatic N) is 2. The van der Waals surface area contributed by atoms with E-state index in [0.717, 1.165) is 5.56 Å². The van der Waals surface area contributed by atoms with Gasteiger partial charge in [-0.2, -0.15) is 4.98 Å². The Labute approximate surface area is 179 Å². The van der Waals surface area contributed by atoms with Crippen LogP contribution in [0, 0.1) is 5.92 Å². The van der Waals surface area contributed by atoms with Crippen molar-refractivity contribution in [2.24, 2.45) is 5.92 Å². The lowest BCUT2D eigenvalue weighted by Crippen LogP contribution is -2.27. The second kappa shape index (κ2) is 9.42. The van der Waals surface area contributed by atoms with Crippen LogP contribution in [0.15, 0.2) is 59.1 Å². The number of carbonyl (C=O) groups is 2. The molecule has 0 atom stereocenters. The highest BCUT2D eigenvalue weighted by molar-refractivity contribution is 6.03. The molecule has 0 bridgehead atoms. The maximum Gasteiger partial charge on any atom is 0.328 e. The van der Waals surface area contributed by atoms with Gasteiger partial charge in [0.25, 0.3) is 5.91 Å². The highest BCUT2D eigenvalue weighted by Crippen LogP contribution is 2.28. The highest BCUT2D eigenvalue weighted by Gasteiger charge is 2.26. The van der Waals surface area contributed by atoms with Gasteiger partial charge in [0.15, 0.2) is 5.82 Å². The van der Waals surface area contributed by atoms with Crippen molar-refractivity contribution in [3.05, 3.63) is 71.5 Å². The molecule has 160 valence electrons. The van der Waals surface area contributed by atoms with Crippen LogP contribution in [0.5, 0.6) is 5.75 Å². The van der Waals surface area contributed by atoms with E-state index in [0.29, 0.717) is 49.2 Å². The quantitative estimate of drug-likeness (QED) is 0.594. The predicted molar refractivity (Wildman–Crippen MR) is 112 cm³/mol. The number of hydrogen-bond donors (Lipinski definition) is 2. The molecule has 0 saturated heterocycles. The summed E-state index contributed by atoms with van der Waals surface area (Å²) in [5, 5.41) is 15.6. The molecule has 1 aromatic heterocycles. The lowest BCUT2D eigenvalue weighted by molar-refractivity contribution is -0.143. The van der Waals surface area contributed by atoms with Crippen molar-refractivity contribution in [2.45, 2.75) is 38.2 Å². The fourth-order valence-corrected chi connectivity index (χ4v) is 3.63. The van der Waals surface area contributed by atoms with Crippen molar-refractivity contribution in [3.8, 4) is 5.75 Å². The summed E-state index contributed by atoms with van der Waals surface area (Å²) < 4.78 is 11.0. The fraction of sp³-hybridized carbons (Fsp3) is 0.304. The Morgan fingerprint density at radius 2 is 1.74 bits per heavy atom. The van der Waals surface area contributed by atoms with Crippen LogP contribution in [0.4, 0.5) is 6.01 Å². The minimum Gasteiger partial charge on any atom is -0.490 e. The van der Waals surface area contributed by atoms with Crippen LogP contribution < -0.4 is 10.1 Å². The second-order valence-electron chi connectivity index (χ2n) is 7.59. The summed E-state index contributed by atoms with van der Waals surface area (Å²) in [5.41, 5.74) is 1.48. The van der Waals surface area contributed by atoms with Crippen LogP contribution in [0.1, 0.15) is 47.4 Å². The number of aromatic nitrogens is 2. The number of carboxylic acid groups (broad SMARTS) is 1. The number of nitrogens with one attached hydrogen (secondary N) is 1. The van der Waals surface area contributed by atoms with E-state index in [1.165, 1.54) is 0 Å². The molecule has 31 heavy (non-hydrogen) atoms. The molecule has 8 heteroatoms. The van der Waals surface area contributed by atoms with E-state index >= 15 is 0 Å². The number of benzene rings is 2. The normalized spacial score (nSPS) is 18.3. The zero-order chi connectivity index (χ0) is 21.6. The SMILES string of the molecule is O=C(Nc1nc(Cc2ccccc2)no1)c1ccc(OC2CCC(C(=O)O)CC2)cc1. The molecule has 1 aliphatic rings. The van der Waals surface area contributed by atoms with Crippen molar-refractivity contribution in [1.29, 1.82) is 0 Å². The van der Waals surface area contributed by atoms with Gasteiger partial charge in [0.05, 0.1) is 12.0 Å². The molecule has 0 spiro atoms. The number of aliphatic carboxylic acids is 1. The van der Waals surface area contributed by atoms with Crippen LogP contribution in [-0.2, 0) is 11.2 Å². The van der Waals surface area contributed by atoms with Crippen LogP contribution in [0.2, 0.25) is 0 Å². The Morgan fingerprint density at radius 1 is 1.03 bits per heavy atom. The Morgan fingerprint density at radius 3 is 2.42 bits per heavy atom. The van der Waals surface area contributed by atoms with Crippen molar-refractivity contribution in [2.75, 3.05) is 5.32 Å². The van der Waals surface area contributed by atoms with Gasteiger partial charge in [-0.25, -0.2) is 0 Å². The summed E-state index contributed by atoms with van der Waals surface area (Å²) in [5.74, 6) is -0.226. The van der Waals surface area contributed by atoms with Gasteiger partial charge in [-0.05, 0) is 55.5 Å². The average Bonchev–Trinajstić information content (AvgIpc) is 3.22. The first-order chi connectivity index (χ1) is 15.1. The van der Waals surface area contributed by atoms with Gasteiger partial charge in [0.1, 0.15) is 5.75 Å². The number of amides is 1. The van der Waals surface area contributed by atoms with Crippen molar-refractivity contribution < 1.29 is 24.0 Å². The van der Waals surface area contributed by atoms with Crippen LogP contribution >= 0.6 is 0 Å². The zero-order valence-corrected chi connectivity index (χ0v) is 16.9.